The Morgan fingerprint density at radius 3 is 2.53 bits per heavy atom. The Morgan fingerprint density at radius 2 is 1.94 bits per heavy atom. The van der Waals surface area contributed by atoms with Gasteiger partial charge in [0, 0.05) is 25.4 Å². The molecule has 0 bridgehead atoms. The van der Waals surface area contributed by atoms with Crippen molar-refractivity contribution < 1.29 is 4.79 Å². The fraction of sp³-hybridized carbons (Fsp3) is 0.538. The van der Waals surface area contributed by atoms with Gasteiger partial charge >= 0.3 is 0 Å². The number of aromatic nitrogens is 1. The zero-order valence-corrected chi connectivity index (χ0v) is 9.69. The maximum atomic E-state index is 12.2. The van der Waals surface area contributed by atoms with E-state index in [2.05, 4.69) is 4.98 Å². The molecule has 4 heteroatoms. The highest BCUT2D eigenvalue weighted by Crippen LogP contribution is 2.38. The maximum absolute atomic E-state index is 12.2. The number of pyridine rings is 1. The molecule has 0 spiro atoms. The molecular formula is C13H16N2O2. The number of carbonyl (C=O) groups is 1. The van der Waals surface area contributed by atoms with Crippen LogP contribution in [0.3, 0.4) is 0 Å². The van der Waals surface area contributed by atoms with Gasteiger partial charge in [-0.25, -0.2) is 0 Å². The first-order valence-corrected chi connectivity index (χ1v) is 6.22. The third-order valence-electron chi connectivity index (χ3n) is 4.04. The highest BCUT2D eigenvalue weighted by atomic mass is 16.2. The normalized spacial score (nSPS) is 27.2. The smallest absolute Gasteiger partial charge is 0.255 e. The second-order valence-corrected chi connectivity index (χ2v) is 5.10. The van der Waals surface area contributed by atoms with Crippen molar-refractivity contribution in [1.82, 2.24) is 9.88 Å². The van der Waals surface area contributed by atoms with Crippen molar-refractivity contribution in [2.45, 2.75) is 19.3 Å². The zero-order chi connectivity index (χ0) is 11.8. The molecule has 17 heavy (non-hydrogen) atoms. The standard InChI is InChI=1S/C13H16N2O2/c16-12-5-4-9(6-14-12)13(17)15-7-10-2-1-3-11(10)8-15/h4-6,10-11H,1-3,7-8H2,(H,14,16). The SMILES string of the molecule is O=C(c1ccc(=O)[nH]c1)N1CC2CCCC2C1. The molecule has 1 amide bonds. The highest BCUT2D eigenvalue weighted by Gasteiger charge is 2.38. The minimum absolute atomic E-state index is 0.0515. The average molecular weight is 232 g/mol. The molecule has 1 aliphatic carbocycles. The molecule has 3 rings (SSSR count). The van der Waals surface area contributed by atoms with Gasteiger partial charge in [0.05, 0.1) is 5.56 Å². The van der Waals surface area contributed by atoms with Gasteiger partial charge in [0.25, 0.3) is 5.91 Å². The van der Waals surface area contributed by atoms with E-state index < -0.39 is 0 Å². The molecule has 90 valence electrons. The van der Waals surface area contributed by atoms with E-state index >= 15 is 0 Å². The molecule has 1 aromatic rings. The number of rotatable bonds is 1. The van der Waals surface area contributed by atoms with E-state index in [4.69, 9.17) is 0 Å². The molecule has 1 aliphatic heterocycles. The Bertz CT molecular complexity index is 462. The number of H-pyrrole nitrogens is 1. The first-order valence-electron chi connectivity index (χ1n) is 6.22. The van der Waals surface area contributed by atoms with Crippen molar-refractivity contribution in [3.05, 3.63) is 34.2 Å². The minimum atomic E-state index is -0.167. The summed E-state index contributed by atoms with van der Waals surface area (Å²) in [6, 6.07) is 3.01. The Hall–Kier alpha value is -1.58. The van der Waals surface area contributed by atoms with Crippen molar-refractivity contribution in [3.8, 4) is 0 Å². The Kier molecular flexibility index (Phi) is 2.50. The van der Waals surface area contributed by atoms with Gasteiger partial charge in [-0.15, -0.1) is 0 Å². The van der Waals surface area contributed by atoms with E-state index in [1.165, 1.54) is 31.5 Å². The summed E-state index contributed by atoms with van der Waals surface area (Å²) < 4.78 is 0. The van der Waals surface area contributed by atoms with Crippen LogP contribution >= 0.6 is 0 Å². The van der Waals surface area contributed by atoms with Crippen LogP contribution in [0.5, 0.6) is 0 Å². The van der Waals surface area contributed by atoms with Crippen molar-refractivity contribution in [1.29, 1.82) is 0 Å². The number of fused-ring (bicyclic) bond motifs is 1. The number of aromatic amines is 1. The van der Waals surface area contributed by atoms with Gasteiger partial charge in [-0.05, 0) is 30.7 Å². The van der Waals surface area contributed by atoms with Gasteiger partial charge < -0.3 is 9.88 Å². The molecule has 1 N–H and O–H groups in total. The molecule has 1 saturated heterocycles. The number of likely N-dealkylation sites (tertiary alicyclic amines) is 1. The summed E-state index contributed by atoms with van der Waals surface area (Å²) in [6.07, 6.45) is 5.36. The third-order valence-corrected chi connectivity index (χ3v) is 4.04. The molecule has 2 unspecified atom stereocenters. The summed E-state index contributed by atoms with van der Waals surface area (Å²) in [7, 11) is 0. The lowest BCUT2D eigenvalue weighted by molar-refractivity contribution is 0.0780. The van der Waals surface area contributed by atoms with Crippen LogP contribution in [0.4, 0.5) is 0 Å². The molecular weight excluding hydrogens is 216 g/mol. The second-order valence-electron chi connectivity index (χ2n) is 5.10. The fourth-order valence-electron chi connectivity index (χ4n) is 3.13. The Morgan fingerprint density at radius 1 is 1.24 bits per heavy atom. The van der Waals surface area contributed by atoms with Gasteiger partial charge in [0.2, 0.25) is 5.56 Å². The van der Waals surface area contributed by atoms with Crippen LogP contribution < -0.4 is 5.56 Å². The van der Waals surface area contributed by atoms with Crippen LogP contribution in [0.25, 0.3) is 0 Å². The van der Waals surface area contributed by atoms with Crippen molar-refractivity contribution in [3.63, 3.8) is 0 Å². The summed E-state index contributed by atoms with van der Waals surface area (Å²) in [5, 5.41) is 0. The fourth-order valence-corrected chi connectivity index (χ4v) is 3.13. The summed E-state index contributed by atoms with van der Waals surface area (Å²) in [5.41, 5.74) is 0.421. The lowest BCUT2D eigenvalue weighted by Crippen LogP contribution is -2.29. The molecule has 4 nitrogen and oxygen atoms in total. The quantitative estimate of drug-likeness (QED) is 0.792. The number of nitrogens with one attached hydrogen (secondary N) is 1. The van der Waals surface area contributed by atoms with Crippen LogP contribution in [0.15, 0.2) is 23.1 Å². The Balaban J connectivity index is 1.75. The number of hydrogen-bond donors (Lipinski definition) is 1. The summed E-state index contributed by atoms with van der Waals surface area (Å²) in [6.45, 7) is 1.78. The monoisotopic (exact) mass is 232 g/mol. The van der Waals surface area contributed by atoms with Gasteiger partial charge in [0.15, 0.2) is 0 Å². The zero-order valence-electron chi connectivity index (χ0n) is 9.69. The number of nitrogens with zero attached hydrogens (tertiary/aromatic N) is 1. The predicted molar refractivity (Wildman–Crippen MR) is 63.8 cm³/mol. The van der Waals surface area contributed by atoms with Gasteiger partial charge in [-0.2, -0.15) is 0 Å². The summed E-state index contributed by atoms with van der Waals surface area (Å²) in [5.74, 6) is 1.47. The van der Waals surface area contributed by atoms with Gasteiger partial charge in [-0.3, -0.25) is 9.59 Å². The molecule has 0 radical (unpaired) electrons. The van der Waals surface area contributed by atoms with E-state index in [0.29, 0.717) is 17.4 Å². The van der Waals surface area contributed by atoms with Crippen molar-refractivity contribution in [2.24, 2.45) is 11.8 Å². The average Bonchev–Trinajstić information content (AvgIpc) is 2.89. The number of carbonyl (C=O) groups excluding carboxylic acids is 1. The maximum Gasteiger partial charge on any atom is 0.255 e. The van der Waals surface area contributed by atoms with Gasteiger partial charge in [-0.1, -0.05) is 6.42 Å². The first kappa shape index (κ1) is 10.6. The molecule has 2 heterocycles. The number of amides is 1. The minimum Gasteiger partial charge on any atom is -0.338 e. The highest BCUT2D eigenvalue weighted by molar-refractivity contribution is 5.94. The topological polar surface area (TPSA) is 53.2 Å². The van der Waals surface area contributed by atoms with E-state index in [-0.39, 0.29) is 11.5 Å². The second kappa shape index (κ2) is 4.02. The number of hydrogen-bond acceptors (Lipinski definition) is 2. The molecule has 1 aromatic heterocycles. The van der Waals surface area contributed by atoms with Crippen LogP contribution in [-0.4, -0.2) is 28.9 Å². The van der Waals surface area contributed by atoms with Crippen LogP contribution in [0.2, 0.25) is 0 Å². The lowest BCUT2D eigenvalue weighted by Gasteiger charge is -2.16. The third kappa shape index (κ3) is 1.88. The molecule has 2 atom stereocenters. The van der Waals surface area contributed by atoms with Crippen molar-refractivity contribution in [2.75, 3.05) is 13.1 Å². The summed E-state index contributed by atoms with van der Waals surface area (Å²) >= 11 is 0. The van der Waals surface area contributed by atoms with Gasteiger partial charge in [0.1, 0.15) is 0 Å². The van der Waals surface area contributed by atoms with E-state index in [1.807, 2.05) is 4.90 Å². The Labute approximate surface area is 99.6 Å². The van der Waals surface area contributed by atoms with E-state index in [9.17, 15) is 9.59 Å². The van der Waals surface area contributed by atoms with E-state index in [1.54, 1.807) is 6.07 Å². The first-order chi connectivity index (χ1) is 8.24. The van der Waals surface area contributed by atoms with Crippen LogP contribution in [0.1, 0.15) is 29.6 Å². The summed E-state index contributed by atoms with van der Waals surface area (Å²) in [4.78, 5) is 27.6. The molecule has 1 saturated carbocycles. The molecule has 2 fully saturated rings. The van der Waals surface area contributed by atoms with Crippen molar-refractivity contribution >= 4 is 5.91 Å². The largest absolute Gasteiger partial charge is 0.338 e. The van der Waals surface area contributed by atoms with E-state index in [0.717, 1.165) is 13.1 Å². The lowest BCUT2D eigenvalue weighted by atomic mass is 10.0. The molecule has 2 aliphatic rings. The van der Waals surface area contributed by atoms with Crippen LogP contribution in [-0.2, 0) is 0 Å². The molecule has 0 aromatic carbocycles. The predicted octanol–water partition coefficient (Wildman–Crippen LogP) is 1.25. The van der Waals surface area contributed by atoms with Crippen LogP contribution in [0, 0.1) is 11.8 Å².